The van der Waals surface area contributed by atoms with E-state index in [4.69, 9.17) is 14.2 Å². The molecule has 2 aromatic rings. The molecule has 1 N–H and O–H groups in total. The van der Waals surface area contributed by atoms with E-state index in [1.807, 2.05) is 0 Å². The van der Waals surface area contributed by atoms with Crippen LogP contribution in [0.4, 0.5) is 5.69 Å². The lowest BCUT2D eigenvalue weighted by Crippen LogP contribution is -2.43. The van der Waals surface area contributed by atoms with Gasteiger partial charge in [-0.25, -0.2) is 8.42 Å². The third-order valence-electron chi connectivity index (χ3n) is 5.09. The number of hydrogen-bond donors (Lipinski definition) is 1. The minimum atomic E-state index is -3.67. The molecule has 2 aromatic carbocycles. The van der Waals surface area contributed by atoms with Gasteiger partial charge in [-0.3, -0.25) is 4.79 Å². The summed E-state index contributed by atoms with van der Waals surface area (Å²) in [5.41, 5.74) is 0.592. The van der Waals surface area contributed by atoms with Gasteiger partial charge in [0, 0.05) is 24.8 Å². The van der Waals surface area contributed by atoms with Crippen LogP contribution in [0.3, 0.4) is 0 Å². The second kappa shape index (κ2) is 7.92. The predicted molar refractivity (Wildman–Crippen MR) is 106 cm³/mol. The topological polar surface area (TPSA) is 94.2 Å². The van der Waals surface area contributed by atoms with Crippen molar-refractivity contribution < 1.29 is 27.4 Å². The highest BCUT2D eigenvalue weighted by atomic mass is 32.2. The number of methoxy groups -OCH3 is 1. The summed E-state index contributed by atoms with van der Waals surface area (Å²) < 4.78 is 43.0. The van der Waals surface area contributed by atoms with Gasteiger partial charge in [0.05, 0.1) is 17.9 Å². The smallest absolute Gasteiger partial charge is 0.243 e. The van der Waals surface area contributed by atoms with Gasteiger partial charge in [0.1, 0.15) is 5.75 Å². The fourth-order valence-electron chi connectivity index (χ4n) is 3.49. The molecule has 1 fully saturated rings. The molecule has 1 atom stereocenters. The summed E-state index contributed by atoms with van der Waals surface area (Å²) in [4.78, 5) is 12.9. The lowest BCUT2D eigenvalue weighted by Gasteiger charge is -2.31. The highest BCUT2D eigenvalue weighted by Crippen LogP contribution is 2.34. The molecule has 0 radical (unpaired) electrons. The Morgan fingerprint density at radius 3 is 2.66 bits per heavy atom. The van der Waals surface area contributed by atoms with Crippen LogP contribution < -0.4 is 19.5 Å². The van der Waals surface area contributed by atoms with Gasteiger partial charge in [-0.1, -0.05) is 0 Å². The quantitative estimate of drug-likeness (QED) is 0.802. The lowest BCUT2D eigenvalue weighted by molar-refractivity contribution is -0.120. The number of anilines is 1. The summed E-state index contributed by atoms with van der Waals surface area (Å²) in [6.07, 6.45) is 1.25. The molecule has 29 heavy (non-hydrogen) atoms. The Hall–Kier alpha value is -2.78. The maximum atomic E-state index is 13.0. The number of carbonyl (C=O) groups excluding carboxylic acids is 1. The van der Waals surface area contributed by atoms with E-state index >= 15 is 0 Å². The number of piperidine rings is 1. The molecule has 4 rings (SSSR count). The van der Waals surface area contributed by atoms with Crippen LogP contribution in [0.2, 0.25) is 0 Å². The van der Waals surface area contributed by atoms with Gasteiger partial charge < -0.3 is 19.5 Å². The Bertz CT molecular complexity index is 1010. The number of fused-ring (bicyclic) bond motifs is 1. The first kappa shape index (κ1) is 19.5. The average Bonchev–Trinajstić information content (AvgIpc) is 3.22. The molecular weight excluding hydrogens is 396 g/mol. The largest absolute Gasteiger partial charge is 0.497 e. The van der Waals surface area contributed by atoms with Crippen LogP contribution in [0.15, 0.2) is 47.4 Å². The minimum Gasteiger partial charge on any atom is -0.497 e. The molecule has 2 aliphatic rings. The summed E-state index contributed by atoms with van der Waals surface area (Å²) in [6.45, 7) is 0.695. The molecule has 2 aliphatic heterocycles. The first-order valence-corrected chi connectivity index (χ1v) is 10.8. The normalized spacial score (nSPS) is 19.0. The molecule has 0 bridgehead atoms. The van der Waals surface area contributed by atoms with Crippen LogP contribution in [-0.2, 0) is 14.8 Å². The predicted octanol–water partition coefficient (Wildman–Crippen LogP) is 2.46. The number of amides is 1. The van der Waals surface area contributed by atoms with E-state index in [0.717, 1.165) is 0 Å². The fraction of sp³-hybridized carbons (Fsp3) is 0.350. The molecular formula is C20H22N2O6S. The van der Waals surface area contributed by atoms with E-state index in [-0.39, 0.29) is 24.1 Å². The summed E-state index contributed by atoms with van der Waals surface area (Å²) in [7, 11) is -2.15. The Labute approximate surface area is 169 Å². The third kappa shape index (κ3) is 4.01. The molecule has 1 amide bonds. The highest BCUT2D eigenvalue weighted by Gasteiger charge is 2.33. The SMILES string of the molecule is COc1ccc(S(=O)(=O)N2CCC[C@@H](C(=O)Nc3ccc4c(c3)OCO4)C2)cc1. The lowest BCUT2D eigenvalue weighted by atomic mass is 9.98. The van der Waals surface area contributed by atoms with Crippen molar-refractivity contribution in [3.63, 3.8) is 0 Å². The summed E-state index contributed by atoms with van der Waals surface area (Å²) in [6, 6.07) is 11.4. The van der Waals surface area contributed by atoms with Crippen molar-refractivity contribution in [1.82, 2.24) is 4.31 Å². The number of benzene rings is 2. The second-order valence-electron chi connectivity index (χ2n) is 6.94. The number of hydrogen-bond acceptors (Lipinski definition) is 6. The molecule has 0 saturated carbocycles. The number of ether oxygens (including phenoxy) is 3. The van der Waals surface area contributed by atoms with Gasteiger partial charge in [-0.05, 0) is 49.2 Å². The molecule has 2 heterocycles. The molecule has 0 aromatic heterocycles. The minimum absolute atomic E-state index is 0.144. The summed E-state index contributed by atoms with van der Waals surface area (Å²) in [5.74, 6) is 1.16. The van der Waals surface area contributed by atoms with Gasteiger partial charge in [-0.15, -0.1) is 0 Å². The molecule has 0 unspecified atom stereocenters. The van der Waals surface area contributed by atoms with Gasteiger partial charge in [0.15, 0.2) is 11.5 Å². The van der Waals surface area contributed by atoms with Crippen molar-refractivity contribution in [2.24, 2.45) is 5.92 Å². The van der Waals surface area contributed by atoms with Gasteiger partial charge >= 0.3 is 0 Å². The molecule has 154 valence electrons. The summed E-state index contributed by atoms with van der Waals surface area (Å²) in [5, 5.41) is 2.86. The number of rotatable bonds is 5. The Kier molecular flexibility index (Phi) is 5.33. The third-order valence-corrected chi connectivity index (χ3v) is 6.97. The van der Waals surface area contributed by atoms with E-state index < -0.39 is 15.9 Å². The Morgan fingerprint density at radius 1 is 1.14 bits per heavy atom. The highest BCUT2D eigenvalue weighted by molar-refractivity contribution is 7.89. The van der Waals surface area contributed by atoms with Crippen LogP contribution in [0.5, 0.6) is 17.2 Å². The van der Waals surface area contributed by atoms with Crippen LogP contribution in [-0.4, -0.2) is 45.6 Å². The second-order valence-corrected chi connectivity index (χ2v) is 8.87. The standard InChI is InChI=1S/C20H22N2O6S/c1-26-16-5-7-17(8-6-16)29(24,25)22-10-2-3-14(12-22)20(23)21-15-4-9-18-19(11-15)28-13-27-18/h4-9,11,14H,2-3,10,12-13H2,1H3,(H,21,23)/t14-/m1/s1. The zero-order valence-electron chi connectivity index (χ0n) is 16.0. The van der Waals surface area contributed by atoms with Gasteiger partial charge in [-0.2, -0.15) is 4.31 Å². The van der Waals surface area contributed by atoms with Crippen LogP contribution >= 0.6 is 0 Å². The average molecular weight is 418 g/mol. The van der Waals surface area contributed by atoms with Crippen molar-refractivity contribution in [3.05, 3.63) is 42.5 Å². The van der Waals surface area contributed by atoms with E-state index in [9.17, 15) is 13.2 Å². The maximum absolute atomic E-state index is 13.0. The number of carbonyl (C=O) groups is 1. The Morgan fingerprint density at radius 2 is 1.90 bits per heavy atom. The van der Waals surface area contributed by atoms with Crippen molar-refractivity contribution in [2.75, 3.05) is 32.3 Å². The van der Waals surface area contributed by atoms with Crippen LogP contribution in [0, 0.1) is 5.92 Å². The van der Waals surface area contributed by atoms with Crippen LogP contribution in [0.1, 0.15) is 12.8 Å². The van der Waals surface area contributed by atoms with Crippen LogP contribution in [0.25, 0.3) is 0 Å². The van der Waals surface area contributed by atoms with E-state index in [1.165, 1.54) is 23.5 Å². The molecule has 1 saturated heterocycles. The fourth-order valence-corrected chi connectivity index (χ4v) is 5.01. The van der Waals surface area contributed by atoms with Crippen molar-refractivity contribution >= 4 is 21.6 Å². The first-order chi connectivity index (χ1) is 14.0. The molecule has 0 spiro atoms. The summed E-state index contributed by atoms with van der Waals surface area (Å²) >= 11 is 0. The molecule has 8 nitrogen and oxygen atoms in total. The first-order valence-electron chi connectivity index (χ1n) is 9.32. The molecule has 0 aliphatic carbocycles. The van der Waals surface area contributed by atoms with Crippen molar-refractivity contribution in [2.45, 2.75) is 17.7 Å². The number of nitrogens with zero attached hydrogens (tertiary/aromatic N) is 1. The monoisotopic (exact) mass is 418 g/mol. The molecule has 9 heteroatoms. The van der Waals surface area contributed by atoms with Crippen molar-refractivity contribution in [1.29, 1.82) is 0 Å². The Balaban J connectivity index is 1.45. The van der Waals surface area contributed by atoms with E-state index in [1.54, 1.807) is 30.3 Å². The maximum Gasteiger partial charge on any atom is 0.243 e. The number of nitrogens with one attached hydrogen (secondary N) is 1. The van der Waals surface area contributed by atoms with Gasteiger partial charge in [0.2, 0.25) is 22.7 Å². The number of sulfonamides is 1. The van der Waals surface area contributed by atoms with E-state index in [2.05, 4.69) is 5.32 Å². The van der Waals surface area contributed by atoms with Crippen molar-refractivity contribution in [3.8, 4) is 17.2 Å². The zero-order chi connectivity index (χ0) is 20.4. The van der Waals surface area contributed by atoms with E-state index in [0.29, 0.717) is 42.3 Å². The van der Waals surface area contributed by atoms with Gasteiger partial charge in [0.25, 0.3) is 0 Å². The zero-order valence-corrected chi connectivity index (χ0v) is 16.8.